The molecule has 0 aliphatic heterocycles. The molecule has 5 nitrogen and oxygen atoms in total. The van der Waals surface area contributed by atoms with Crippen LogP contribution in [0, 0.1) is 13.8 Å². The molecule has 1 aromatic heterocycles. The molecule has 112 valence electrons. The first-order valence-electron chi connectivity index (χ1n) is 7.14. The molecule has 1 saturated carbocycles. The summed E-state index contributed by atoms with van der Waals surface area (Å²) in [5.41, 5.74) is 0.987. The van der Waals surface area contributed by atoms with Crippen LogP contribution < -0.4 is 10.6 Å². The summed E-state index contributed by atoms with van der Waals surface area (Å²) in [6.07, 6.45) is 3.04. The number of urea groups is 1. The summed E-state index contributed by atoms with van der Waals surface area (Å²) in [4.78, 5) is 17.5. The Morgan fingerprint density at radius 2 is 2.00 bits per heavy atom. The van der Waals surface area contributed by atoms with Crippen LogP contribution in [-0.2, 0) is 0 Å². The zero-order chi connectivity index (χ0) is 14.7. The fourth-order valence-electron chi connectivity index (χ4n) is 2.66. The number of aliphatic hydroxyl groups excluding tert-OH is 1. The van der Waals surface area contributed by atoms with E-state index in [1.165, 1.54) is 0 Å². The largest absolute Gasteiger partial charge is 0.393 e. The molecule has 0 unspecified atom stereocenters. The quantitative estimate of drug-likeness (QED) is 0.802. The fraction of sp³-hybridized carbons (Fsp3) is 0.714. The van der Waals surface area contributed by atoms with Crippen molar-refractivity contribution in [3.63, 3.8) is 0 Å². The minimum absolute atomic E-state index is 0.0321. The molecule has 20 heavy (non-hydrogen) atoms. The molecular weight excluding hydrogens is 274 g/mol. The normalized spacial score (nSPS) is 24.2. The van der Waals surface area contributed by atoms with E-state index >= 15 is 0 Å². The number of carbonyl (C=O) groups excluding carboxylic acids is 1. The van der Waals surface area contributed by atoms with Gasteiger partial charge in [0.1, 0.15) is 0 Å². The summed E-state index contributed by atoms with van der Waals surface area (Å²) >= 11 is 1.62. The Morgan fingerprint density at radius 1 is 1.35 bits per heavy atom. The van der Waals surface area contributed by atoms with Gasteiger partial charge in [0.25, 0.3) is 0 Å². The van der Waals surface area contributed by atoms with Gasteiger partial charge in [-0.2, -0.15) is 0 Å². The Balaban J connectivity index is 1.83. The van der Waals surface area contributed by atoms with Crippen molar-refractivity contribution in [1.29, 1.82) is 0 Å². The molecule has 1 aliphatic carbocycles. The Kier molecular flexibility index (Phi) is 4.99. The van der Waals surface area contributed by atoms with Crippen LogP contribution in [-0.4, -0.2) is 28.3 Å². The number of nitrogens with one attached hydrogen (secondary N) is 2. The monoisotopic (exact) mass is 297 g/mol. The van der Waals surface area contributed by atoms with Gasteiger partial charge in [0.05, 0.1) is 22.8 Å². The number of carbonyl (C=O) groups is 1. The number of aryl methyl sites for hydroxylation is 2. The summed E-state index contributed by atoms with van der Waals surface area (Å²) in [5, 5.41) is 16.4. The number of hydrogen-bond donors (Lipinski definition) is 3. The highest BCUT2D eigenvalue weighted by atomic mass is 32.1. The highest BCUT2D eigenvalue weighted by Crippen LogP contribution is 2.24. The summed E-state index contributed by atoms with van der Waals surface area (Å²) in [6, 6.07) is 0.00891. The minimum atomic E-state index is -0.196. The van der Waals surface area contributed by atoms with Crippen molar-refractivity contribution >= 4 is 17.4 Å². The molecule has 0 spiro atoms. The first-order chi connectivity index (χ1) is 9.45. The van der Waals surface area contributed by atoms with Gasteiger partial charge < -0.3 is 15.7 Å². The van der Waals surface area contributed by atoms with E-state index in [1.54, 1.807) is 11.3 Å². The smallest absolute Gasteiger partial charge is 0.315 e. The molecule has 2 rings (SSSR count). The molecule has 1 fully saturated rings. The molecule has 1 aromatic rings. The number of nitrogens with zero attached hydrogens (tertiary/aromatic N) is 1. The first-order valence-corrected chi connectivity index (χ1v) is 7.96. The Hall–Kier alpha value is -1.14. The van der Waals surface area contributed by atoms with Crippen LogP contribution in [0.25, 0.3) is 0 Å². The van der Waals surface area contributed by atoms with E-state index in [1.807, 2.05) is 20.8 Å². The number of thiazole rings is 1. The lowest BCUT2D eigenvalue weighted by Crippen LogP contribution is -2.44. The van der Waals surface area contributed by atoms with Crippen molar-refractivity contribution in [2.45, 2.75) is 64.6 Å². The molecule has 0 bridgehead atoms. The Bertz CT molecular complexity index is 467. The molecule has 2 amide bonds. The third-order valence-corrected chi connectivity index (χ3v) is 4.97. The second kappa shape index (κ2) is 6.54. The van der Waals surface area contributed by atoms with E-state index in [9.17, 15) is 9.90 Å². The lowest BCUT2D eigenvalue weighted by atomic mass is 9.93. The number of aromatic nitrogens is 1. The van der Waals surface area contributed by atoms with Crippen LogP contribution in [0.15, 0.2) is 0 Å². The van der Waals surface area contributed by atoms with Crippen LogP contribution in [0.2, 0.25) is 0 Å². The molecule has 1 aliphatic rings. The highest BCUT2D eigenvalue weighted by molar-refractivity contribution is 7.11. The standard InChI is InChI=1S/C14H23N3O2S/c1-8-13(20-10(3)15-8)9(2)16-14(19)17-11-4-6-12(18)7-5-11/h9,11-12,18H,4-7H2,1-3H3,(H2,16,17,19)/t9-,11?,12?/m1/s1. The van der Waals surface area contributed by atoms with Gasteiger partial charge >= 0.3 is 6.03 Å². The predicted molar refractivity (Wildman–Crippen MR) is 79.9 cm³/mol. The van der Waals surface area contributed by atoms with Crippen molar-refractivity contribution in [2.24, 2.45) is 0 Å². The van der Waals surface area contributed by atoms with Crippen molar-refractivity contribution in [3.05, 3.63) is 15.6 Å². The van der Waals surface area contributed by atoms with Crippen LogP contribution >= 0.6 is 11.3 Å². The molecule has 0 saturated heterocycles. The third-order valence-electron chi connectivity index (χ3n) is 3.71. The van der Waals surface area contributed by atoms with Crippen LogP contribution in [0.4, 0.5) is 4.79 Å². The van der Waals surface area contributed by atoms with E-state index < -0.39 is 0 Å². The van der Waals surface area contributed by atoms with E-state index in [4.69, 9.17) is 0 Å². The van der Waals surface area contributed by atoms with Crippen molar-refractivity contribution in [1.82, 2.24) is 15.6 Å². The van der Waals surface area contributed by atoms with Gasteiger partial charge in [0, 0.05) is 10.9 Å². The Morgan fingerprint density at radius 3 is 2.55 bits per heavy atom. The van der Waals surface area contributed by atoms with E-state index in [-0.39, 0.29) is 24.2 Å². The van der Waals surface area contributed by atoms with Gasteiger partial charge in [-0.05, 0) is 46.5 Å². The highest BCUT2D eigenvalue weighted by Gasteiger charge is 2.22. The van der Waals surface area contributed by atoms with Gasteiger partial charge in [-0.3, -0.25) is 0 Å². The maximum Gasteiger partial charge on any atom is 0.315 e. The van der Waals surface area contributed by atoms with Crippen molar-refractivity contribution < 1.29 is 9.90 Å². The Labute approximate surface area is 123 Å². The molecule has 3 N–H and O–H groups in total. The number of rotatable bonds is 3. The van der Waals surface area contributed by atoms with Gasteiger partial charge in [0.2, 0.25) is 0 Å². The van der Waals surface area contributed by atoms with Crippen LogP contribution in [0.3, 0.4) is 0 Å². The third kappa shape index (κ3) is 3.93. The number of hydrogen-bond acceptors (Lipinski definition) is 4. The van der Waals surface area contributed by atoms with E-state index in [0.29, 0.717) is 0 Å². The number of aliphatic hydroxyl groups is 1. The second-order valence-electron chi connectivity index (χ2n) is 5.53. The topological polar surface area (TPSA) is 74.2 Å². The van der Waals surface area contributed by atoms with Gasteiger partial charge in [0.15, 0.2) is 0 Å². The van der Waals surface area contributed by atoms with Crippen molar-refractivity contribution in [2.75, 3.05) is 0 Å². The summed E-state index contributed by atoms with van der Waals surface area (Å²) in [6.45, 7) is 5.92. The molecule has 6 heteroatoms. The number of amides is 2. The predicted octanol–water partition coefficient (Wildman–Crippen LogP) is 2.42. The lowest BCUT2D eigenvalue weighted by Gasteiger charge is -2.26. The maximum atomic E-state index is 12.0. The van der Waals surface area contributed by atoms with E-state index in [2.05, 4.69) is 15.6 Å². The average molecular weight is 297 g/mol. The first kappa shape index (κ1) is 15.3. The molecular formula is C14H23N3O2S. The van der Waals surface area contributed by atoms with Crippen LogP contribution in [0.5, 0.6) is 0 Å². The van der Waals surface area contributed by atoms with E-state index in [0.717, 1.165) is 41.3 Å². The van der Waals surface area contributed by atoms with Gasteiger partial charge in [-0.15, -0.1) is 11.3 Å². The van der Waals surface area contributed by atoms with Gasteiger partial charge in [-0.25, -0.2) is 9.78 Å². The SMILES string of the molecule is Cc1nc(C)c([C@@H](C)NC(=O)NC2CCC(O)CC2)s1. The summed E-state index contributed by atoms with van der Waals surface area (Å²) < 4.78 is 0. The van der Waals surface area contributed by atoms with Crippen LogP contribution in [0.1, 0.15) is 54.2 Å². The van der Waals surface area contributed by atoms with Crippen molar-refractivity contribution in [3.8, 4) is 0 Å². The molecule has 1 atom stereocenters. The molecule has 1 heterocycles. The zero-order valence-electron chi connectivity index (χ0n) is 12.3. The van der Waals surface area contributed by atoms with Gasteiger partial charge in [-0.1, -0.05) is 0 Å². The summed E-state index contributed by atoms with van der Waals surface area (Å²) in [5.74, 6) is 0. The zero-order valence-corrected chi connectivity index (χ0v) is 13.1. The fourth-order valence-corrected chi connectivity index (χ4v) is 3.59. The molecule has 0 radical (unpaired) electrons. The maximum absolute atomic E-state index is 12.0. The average Bonchev–Trinajstić information content (AvgIpc) is 2.71. The second-order valence-corrected chi connectivity index (χ2v) is 6.76. The lowest BCUT2D eigenvalue weighted by molar-refractivity contribution is 0.117. The minimum Gasteiger partial charge on any atom is -0.393 e. The molecule has 0 aromatic carbocycles. The summed E-state index contributed by atoms with van der Waals surface area (Å²) in [7, 11) is 0.